The third-order valence-electron chi connectivity index (χ3n) is 5.44. The summed E-state index contributed by atoms with van der Waals surface area (Å²) in [6, 6.07) is 19.5. The Hall–Kier alpha value is -3.58. The van der Waals surface area contributed by atoms with Gasteiger partial charge in [0, 0.05) is 23.3 Å². The van der Waals surface area contributed by atoms with Crippen LogP contribution < -0.4 is 9.47 Å². The van der Waals surface area contributed by atoms with Crippen LogP contribution in [0.3, 0.4) is 0 Å². The number of rotatable bonds is 14. The maximum atomic E-state index is 5.74. The van der Waals surface area contributed by atoms with Gasteiger partial charge < -0.3 is 23.3 Å². The average Bonchev–Trinajstić information content (AvgIpc) is 3.56. The first kappa shape index (κ1) is 24.5. The van der Waals surface area contributed by atoms with Crippen molar-refractivity contribution in [2.24, 2.45) is 0 Å². The van der Waals surface area contributed by atoms with Crippen LogP contribution in [0.15, 0.2) is 69.7 Å². The Morgan fingerprint density at radius 2 is 1.06 bits per heavy atom. The lowest BCUT2D eigenvalue weighted by atomic mass is 10.1. The Kier molecular flexibility index (Phi) is 8.95. The van der Waals surface area contributed by atoms with Gasteiger partial charge in [0.05, 0.1) is 13.2 Å². The Morgan fingerprint density at radius 1 is 0.629 bits per heavy atom. The van der Waals surface area contributed by atoms with Crippen LogP contribution >= 0.6 is 0 Å². The van der Waals surface area contributed by atoms with Crippen LogP contribution in [0.4, 0.5) is 0 Å². The lowest BCUT2D eigenvalue weighted by Crippen LogP contribution is -1.95. The molecule has 0 unspecified atom stereocenters. The molecule has 2 heterocycles. The highest BCUT2D eigenvalue weighted by Crippen LogP contribution is 2.24. The van der Waals surface area contributed by atoms with Crippen molar-refractivity contribution in [3.63, 3.8) is 0 Å². The van der Waals surface area contributed by atoms with Crippen LogP contribution in [0.25, 0.3) is 22.5 Å². The first-order valence-corrected chi connectivity index (χ1v) is 12.2. The highest BCUT2D eigenvalue weighted by molar-refractivity contribution is 5.60. The quantitative estimate of drug-likeness (QED) is 0.180. The van der Waals surface area contributed by atoms with E-state index in [2.05, 4.69) is 24.2 Å². The molecule has 0 bridgehead atoms. The molecule has 7 heteroatoms. The summed E-state index contributed by atoms with van der Waals surface area (Å²) in [6.07, 6.45) is 4.32. The fraction of sp³-hybridized carbons (Fsp3) is 0.357. The van der Waals surface area contributed by atoms with Gasteiger partial charge in [0.1, 0.15) is 36.1 Å². The summed E-state index contributed by atoms with van der Waals surface area (Å²) in [6.45, 7) is 6.32. The standard InChI is InChI=1S/C28H32N2O5/c1-3-5-15-32-23-11-7-21(8-12-23)27-17-25(34-29-27)19-31-20-26-18-28(30-35-26)22-9-13-24(14-10-22)33-16-6-4-2/h7-14,17-18H,3-6,15-16,19-20H2,1-2H3. The molecule has 0 amide bonds. The fourth-order valence-electron chi connectivity index (χ4n) is 3.40. The monoisotopic (exact) mass is 476 g/mol. The summed E-state index contributed by atoms with van der Waals surface area (Å²) in [5, 5.41) is 8.30. The van der Waals surface area contributed by atoms with Crippen LogP contribution in [-0.4, -0.2) is 23.5 Å². The second-order valence-corrected chi connectivity index (χ2v) is 8.30. The first-order chi connectivity index (χ1) is 17.2. The van der Waals surface area contributed by atoms with E-state index in [1.54, 1.807) is 0 Å². The third-order valence-corrected chi connectivity index (χ3v) is 5.44. The summed E-state index contributed by atoms with van der Waals surface area (Å²) >= 11 is 0. The van der Waals surface area contributed by atoms with Crippen molar-refractivity contribution >= 4 is 0 Å². The minimum absolute atomic E-state index is 0.283. The predicted molar refractivity (Wildman–Crippen MR) is 133 cm³/mol. The molecule has 4 aromatic rings. The first-order valence-electron chi connectivity index (χ1n) is 12.2. The number of unbranched alkanes of at least 4 members (excludes halogenated alkanes) is 2. The molecule has 0 atom stereocenters. The Labute approximate surface area is 206 Å². The maximum Gasteiger partial charge on any atom is 0.163 e. The van der Waals surface area contributed by atoms with E-state index >= 15 is 0 Å². The molecule has 7 nitrogen and oxygen atoms in total. The molecule has 0 radical (unpaired) electrons. The number of benzene rings is 2. The molecule has 0 aliphatic carbocycles. The van der Waals surface area contributed by atoms with Crippen LogP contribution in [0, 0.1) is 0 Å². The van der Waals surface area contributed by atoms with Crippen molar-refractivity contribution in [3.05, 3.63) is 72.2 Å². The lowest BCUT2D eigenvalue weighted by molar-refractivity contribution is 0.0727. The average molecular weight is 477 g/mol. The van der Waals surface area contributed by atoms with E-state index in [0.717, 1.165) is 72.9 Å². The van der Waals surface area contributed by atoms with Crippen molar-refractivity contribution in [1.29, 1.82) is 0 Å². The van der Waals surface area contributed by atoms with Crippen LogP contribution in [0.5, 0.6) is 11.5 Å². The molecule has 35 heavy (non-hydrogen) atoms. The topological polar surface area (TPSA) is 79.8 Å². The molecule has 0 aliphatic rings. The highest BCUT2D eigenvalue weighted by Gasteiger charge is 2.10. The normalized spacial score (nSPS) is 11.0. The number of nitrogens with zero attached hydrogens (tertiary/aromatic N) is 2. The zero-order chi connectivity index (χ0) is 24.3. The van der Waals surface area contributed by atoms with Gasteiger partial charge in [0.2, 0.25) is 0 Å². The second kappa shape index (κ2) is 12.8. The molecule has 4 rings (SSSR count). The van der Waals surface area contributed by atoms with Gasteiger partial charge in [0.25, 0.3) is 0 Å². The van der Waals surface area contributed by atoms with Crippen molar-refractivity contribution in [1.82, 2.24) is 10.3 Å². The van der Waals surface area contributed by atoms with E-state index in [4.69, 9.17) is 23.3 Å². The second-order valence-electron chi connectivity index (χ2n) is 8.30. The van der Waals surface area contributed by atoms with E-state index in [0.29, 0.717) is 11.5 Å². The summed E-state index contributed by atoms with van der Waals surface area (Å²) in [5.74, 6) is 3.00. The molecule has 0 saturated carbocycles. The van der Waals surface area contributed by atoms with Crippen LogP contribution in [0.2, 0.25) is 0 Å². The molecule has 0 N–H and O–H groups in total. The highest BCUT2D eigenvalue weighted by atomic mass is 16.5. The van der Waals surface area contributed by atoms with E-state index in [1.165, 1.54) is 0 Å². The van der Waals surface area contributed by atoms with Crippen LogP contribution in [0.1, 0.15) is 51.1 Å². The predicted octanol–water partition coefficient (Wildman–Crippen LogP) is 7.07. The Balaban J connectivity index is 1.24. The molecule has 184 valence electrons. The molecule has 2 aromatic heterocycles. The summed E-state index contributed by atoms with van der Waals surface area (Å²) < 4.78 is 28.0. The molecule has 0 spiro atoms. The van der Waals surface area contributed by atoms with Gasteiger partial charge in [0.15, 0.2) is 11.5 Å². The van der Waals surface area contributed by atoms with E-state index in [9.17, 15) is 0 Å². The molecular weight excluding hydrogens is 444 g/mol. The Bertz CT molecular complexity index is 1060. The summed E-state index contributed by atoms with van der Waals surface area (Å²) in [5.41, 5.74) is 3.44. The van der Waals surface area contributed by atoms with E-state index in [-0.39, 0.29) is 13.2 Å². The molecule has 0 fully saturated rings. The zero-order valence-corrected chi connectivity index (χ0v) is 20.4. The van der Waals surface area contributed by atoms with Gasteiger partial charge in [-0.05, 0) is 61.4 Å². The SMILES string of the molecule is CCCCOc1ccc(-c2cc(COCc3cc(-c4ccc(OCCCC)cc4)no3)on2)cc1. The number of aromatic nitrogens is 2. The minimum atomic E-state index is 0.283. The van der Waals surface area contributed by atoms with Crippen molar-refractivity contribution in [2.45, 2.75) is 52.7 Å². The fourth-order valence-corrected chi connectivity index (χ4v) is 3.40. The smallest absolute Gasteiger partial charge is 0.163 e. The van der Waals surface area contributed by atoms with Crippen LogP contribution in [-0.2, 0) is 18.0 Å². The molecule has 2 aromatic carbocycles. The van der Waals surface area contributed by atoms with Gasteiger partial charge >= 0.3 is 0 Å². The molecule has 0 saturated heterocycles. The van der Waals surface area contributed by atoms with Gasteiger partial charge in [-0.3, -0.25) is 0 Å². The number of ether oxygens (including phenoxy) is 3. The summed E-state index contributed by atoms with van der Waals surface area (Å²) in [7, 11) is 0. The van der Waals surface area contributed by atoms with Gasteiger partial charge in [-0.2, -0.15) is 0 Å². The van der Waals surface area contributed by atoms with Crippen molar-refractivity contribution < 1.29 is 23.3 Å². The lowest BCUT2D eigenvalue weighted by Gasteiger charge is -2.05. The van der Waals surface area contributed by atoms with Gasteiger partial charge in [-0.15, -0.1) is 0 Å². The summed E-state index contributed by atoms with van der Waals surface area (Å²) in [4.78, 5) is 0. The molecular formula is C28H32N2O5. The van der Waals surface area contributed by atoms with Crippen molar-refractivity contribution in [2.75, 3.05) is 13.2 Å². The zero-order valence-electron chi connectivity index (χ0n) is 20.4. The number of hydrogen-bond acceptors (Lipinski definition) is 7. The van der Waals surface area contributed by atoms with Gasteiger partial charge in [-0.25, -0.2) is 0 Å². The maximum absolute atomic E-state index is 5.74. The third kappa shape index (κ3) is 7.20. The largest absolute Gasteiger partial charge is 0.494 e. The number of hydrogen-bond donors (Lipinski definition) is 0. The minimum Gasteiger partial charge on any atom is -0.494 e. The molecule has 0 aliphatic heterocycles. The van der Waals surface area contributed by atoms with E-state index < -0.39 is 0 Å². The van der Waals surface area contributed by atoms with E-state index in [1.807, 2.05) is 60.7 Å². The Morgan fingerprint density at radius 3 is 1.46 bits per heavy atom. The van der Waals surface area contributed by atoms with Crippen molar-refractivity contribution in [3.8, 4) is 34.0 Å². The van der Waals surface area contributed by atoms with Gasteiger partial charge in [-0.1, -0.05) is 37.0 Å².